The third kappa shape index (κ3) is 3.38. The SMILES string of the molecule is CN(C)S(=O)(=O)c1ccc(N2CCN(C(=O)C3CC3)CC2)c(Cl)c1. The van der Waals surface area contributed by atoms with Gasteiger partial charge < -0.3 is 9.80 Å². The normalized spacial score (nSPS) is 19.0. The lowest BCUT2D eigenvalue weighted by Gasteiger charge is -2.36. The summed E-state index contributed by atoms with van der Waals surface area (Å²) in [5.74, 6) is 0.517. The van der Waals surface area contributed by atoms with E-state index >= 15 is 0 Å². The number of rotatable bonds is 4. The average molecular weight is 372 g/mol. The van der Waals surface area contributed by atoms with E-state index < -0.39 is 10.0 Å². The third-order valence-electron chi connectivity index (χ3n) is 4.56. The molecular formula is C16H22ClN3O3S. The van der Waals surface area contributed by atoms with Crippen LogP contribution in [0.2, 0.25) is 5.02 Å². The zero-order valence-electron chi connectivity index (χ0n) is 13.9. The predicted molar refractivity (Wildman–Crippen MR) is 93.8 cm³/mol. The highest BCUT2D eigenvalue weighted by atomic mass is 35.5. The highest BCUT2D eigenvalue weighted by molar-refractivity contribution is 7.89. The summed E-state index contributed by atoms with van der Waals surface area (Å²) >= 11 is 6.33. The van der Waals surface area contributed by atoms with E-state index in [0.29, 0.717) is 31.2 Å². The zero-order valence-corrected chi connectivity index (χ0v) is 15.5. The van der Waals surface area contributed by atoms with Crippen LogP contribution in [0.5, 0.6) is 0 Å². The predicted octanol–water partition coefficient (Wildman–Crippen LogP) is 1.65. The Balaban J connectivity index is 1.71. The summed E-state index contributed by atoms with van der Waals surface area (Å²) in [5, 5.41) is 0.417. The molecule has 0 spiro atoms. The van der Waals surface area contributed by atoms with Crippen molar-refractivity contribution >= 4 is 33.2 Å². The van der Waals surface area contributed by atoms with Gasteiger partial charge in [0, 0.05) is 46.2 Å². The van der Waals surface area contributed by atoms with Crippen molar-refractivity contribution < 1.29 is 13.2 Å². The van der Waals surface area contributed by atoms with E-state index in [9.17, 15) is 13.2 Å². The fourth-order valence-corrected chi connectivity index (χ4v) is 4.16. The monoisotopic (exact) mass is 371 g/mol. The lowest BCUT2D eigenvalue weighted by molar-refractivity contribution is -0.132. The van der Waals surface area contributed by atoms with Crippen molar-refractivity contribution in [3.05, 3.63) is 23.2 Å². The molecule has 1 aromatic rings. The van der Waals surface area contributed by atoms with Gasteiger partial charge in [0.2, 0.25) is 15.9 Å². The van der Waals surface area contributed by atoms with Crippen LogP contribution in [0.25, 0.3) is 0 Å². The van der Waals surface area contributed by atoms with Crippen LogP contribution in [0.1, 0.15) is 12.8 Å². The summed E-state index contributed by atoms with van der Waals surface area (Å²) in [6.45, 7) is 2.78. The maximum absolute atomic E-state index is 12.2. The van der Waals surface area contributed by atoms with Crippen molar-refractivity contribution in [3.8, 4) is 0 Å². The molecule has 1 saturated heterocycles. The number of anilines is 1. The van der Waals surface area contributed by atoms with Crippen LogP contribution in [0, 0.1) is 5.92 Å². The van der Waals surface area contributed by atoms with E-state index in [1.807, 2.05) is 4.90 Å². The highest BCUT2D eigenvalue weighted by Gasteiger charge is 2.34. The molecule has 132 valence electrons. The summed E-state index contributed by atoms with van der Waals surface area (Å²) in [6, 6.07) is 4.82. The van der Waals surface area contributed by atoms with Crippen molar-refractivity contribution in [2.45, 2.75) is 17.7 Å². The standard InChI is InChI=1S/C16H22ClN3O3S/c1-18(2)24(22,23)13-5-6-15(14(17)11-13)19-7-9-20(10-8-19)16(21)12-3-4-12/h5-6,11-12H,3-4,7-10H2,1-2H3. The molecule has 1 amide bonds. The number of carbonyl (C=O) groups is 1. The summed E-state index contributed by atoms with van der Waals surface area (Å²) in [4.78, 5) is 16.3. The van der Waals surface area contributed by atoms with E-state index in [2.05, 4.69) is 4.90 Å². The number of sulfonamides is 1. The maximum atomic E-state index is 12.2. The molecule has 3 rings (SSSR count). The van der Waals surface area contributed by atoms with E-state index in [4.69, 9.17) is 11.6 Å². The Morgan fingerprint density at radius 3 is 2.29 bits per heavy atom. The number of hydrogen-bond acceptors (Lipinski definition) is 4. The minimum absolute atomic E-state index is 0.184. The summed E-state index contributed by atoms with van der Waals surface area (Å²) in [5.41, 5.74) is 0.813. The number of halogens is 1. The van der Waals surface area contributed by atoms with Gasteiger partial charge in [-0.3, -0.25) is 4.79 Å². The molecule has 0 atom stereocenters. The molecule has 24 heavy (non-hydrogen) atoms. The van der Waals surface area contributed by atoms with E-state index in [0.717, 1.165) is 18.5 Å². The molecule has 0 aromatic heterocycles. The Morgan fingerprint density at radius 1 is 1.17 bits per heavy atom. The Bertz CT molecular complexity index is 739. The zero-order chi connectivity index (χ0) is 17.5. The van der Waals surface area contributed by atoms with Crippen molar-refractivity contribution in [2.75, 3.05) is 45.2 Å². The van der Waals surface area contributed by atoms with Gasteiger partial charge in [0.25, 0.3) is 0 Å². The second-order valence-corrected chi connectivity index (χ2v) is 9.05. The molecule has 2 fully saturated rings. The minimum atomic E-state index is -3.49. The van der Waals surface area contributed by atoms with Gasteiger partial charge in [-0.1, -0.05) is 11.6 Å². The quantitative estimate of drug-likeness (QED) is 0.807. The number of piperazine rings is 1. The highest BCUT2D eigenvalue weighted by Crippen LogP contribution is 2.33. The topological polar surface area (TPSA) is 60.9 Å². The number of carbonyl (C=O) groups excluding carboxylic acids is 1. The average Bonchev–Trinajstić information content (AvgIpc) is 3.39. The lowest BCUT2D eigenvalue weighted by atomic mass is 10.2. The van der Waals surface area contributed by atoms with Gasteiger partial charge >= 0.3 is 0 Å². The van der Waals surface area contributed by atoms with Gasteiger partial charge in [0.15, 0.2) is 0 Å². The molecule has 1 aliphatic carbocycles. The first-order chi connectivity index (χ1) is 11.3. The van der Waals surface area contributed by atoms with Gasteiger partial charge in [0.05, 0.1) is 15.6 Å². The first kappa shape index (κ1) is 17.5. The van der Waals surface area contributed by atoms with Gasteiger partial charge in [-0.05, 0) is 31.0 Å². The third-order valence-corrected chi connectivity index (χ3v) is 6.67. The van der Waals surface area contributed by atoms with Crippen molar-refractivity contribution in [1.82, 2.24) is 9.21 Å². The lowest BCUT2D eigenvalue weighted by Crippen LogP contribution is -2.49. The van der Waals surface area contributed by atoms with E-state index in [-0.39, 0.29) is 16.7 Å². The van der Waals surface area contributed by atoms with Crippen LogP contribution in [0.4, 0.5) is 5.69 Å². The van der Waals surface area contributed by atoms with Crippen LogP contribution < -0.4 is 4.90 Å². The number of benzene rings is 1. The summed E-state index contributed by atoms with van der Waals surface area (Å²) in [6.07, 6.45) is 2.04. The molecule has 1 heterocycles. The molecule has 1 aromatic carbocycles. The van der Waals surface area contributed by atoms with Crippen LogP contribution in [0.15, 0.2) is 23.1 Å². The summed E-state index contributed by atoms with van der Waals surface area (Å²) < 4.78 is 25.5. The second-order valence-electron chi connectivity index (χ2n) is 6.49. The van der Waals surface area contributed by atoms with Gasteiger partial charge in [0.1, 0.15) is 0 Å². The number of amides is 1. The molecular weight excluding hydrogens is 350 g/mol. The van der Waals surface area contributed by atoms with Crippen molar-refractivity contribution in [1.29, 1.82) is 0 Å². The van der Waals surface area contributed by atoms with Gasteiger partial charge in [-0.25, -0.2) is 12.7 Å². The molecule has 0 bridgehead atoms. The fraction of sp³-hybridized carbons (Fsp3) is 0.562. The Hall–Kier alpha value is -1.31. The largest absolute Gasteiger partial charge is 0.367 e. The van der Waals surface area contributed by atoms with Crippen LogP contribution in [-0.2, 0) is 14.8 Å². The molecule has 6 nitrogen and oxygen atoms in total. The molecule has 0 N–H and O–H groups in total. The maximum Gasteiger partial charge on any atom is 0.242 e. The fourth-order valence-electron chi connectivity index (χ4n) is 2.87. The molecule has 1 aliphatic heterocycles. The minimum Gasteiger partial charge on any atom is -0.367 e. The second kappa shape index (κ2) is 6.54. The molecule has 0 radical (unpaired) electrons. The van der Waals surface area contributed by atoms with Crippen LogP contribution >= 0.6 is 11.6 Å². The summed E-state index contributed by atoms with van der Waals surface area (Å²) in [7, 11) is -0.505. The van der Waals surface area contributed by atoms with Gasteiger partial charge in [-0.2, -0.15) is 0 Å². The molecule has 1 saturated carbocycles. The smallest absolute Gasteiger partial charge is 0.242 e. The van der Waals surface area contributed by atoms with E-state index in [1.165, 1.54) is 24.5 Å². The van der Waals surface area contributed by atoms with Crippen LogP contribution in [0.3, 0.4) is 0 Å². The Labute approximate surface area is 148 Å². The van der Waals surface area contributed by atoms with Crippen molar-refractivity contribution in [3.63, 3.8) is 0 Å². The first-order valence-electron chi connectivity index (χ1n) is 8.06. The van der Waals surface area contributed by atoms with Crippen molar-refractivity contribution in [2.24, 2.45) is 5.92 Å². The molecule has 8 heteroatoms. The van der Waals surface area contributed by atoms with E-state index in [1.54, 1.807) is 12.1 Å². The van der Waals surface area contributed by atoms with Gasteiger partial charge in [-0.15, -0.1) is 0 Å². The molecule has 2 aliphatic rings. The Kier molecular flexibility index (Phi) is 4.77. The number of nitrogens with zero attached hydrogens (tertiary/aromatic N) is 3. The Morgan fingerprint density at radius 2 is 1.79 bits per heavy atom. The number of hydrogen-bond donors (Lipinski definition) is 0. The van der Waals surface area contributed by atoms with Crippen LogP contribution in [-0.4, -0.2) is 63.8 Å². The first-order valence-corrected chi connectivity index (χ1v) is 9.88. The molecule has 0 unspecified atom stereocenters.